The van der Waals surface area contributed by atoms with Gasteiger partial charge in [0.05, 0.1) is 12.0 Å². The molecular formula is C24H24N2O5S. The van der Waals surface area contributed by atoms with Crippen LogP contribution in [0.3, 0.4) is 0 Å². The number of anilines is 1. The number of hydrogen-bond acceptors (Lipinski definition) is 6. The van der Waals surface area contributed by atoms with Crippen LogP contribution in [0.1, 0.15) is 16.7 Å². The van der Waals surface area contributed by atoms with Crippen molar-refractivity contribution in [2.45, 2.75) is 13.8 Å². The number of ether oxygens (including phenoxy) is 2. The molecule has 0 spiro atoms. The Morgan fingerprint density at radius 1 is 1.19 bits per heavy atom. The number of benzene rings is 2. The van der Waals surface area contributed by atoms with E-state index in [2.05, 4.69) is 11.9 Å². The molecule has 1 aliphatic heterocycles. The van der Waals surface area contributed by atoms with E-state index in [1.165, 1.54) is 7.11 Å². The molecule has 3 amide bonds. The fraction of sp³-hybridized carbons (Fsp3) is 0.208. The maximum Gasteiger partial charge on any atom is 0.294 e. The van der Waals surface area contributed by atoms with E-state index in [9.17, 15) is 14.4 Å². The van der Waals surface area contributed by atoms with Crippen LogP contribution >= 0.6 is 11.8 Å². The van der Waals surface area contributed by atoms with Crippen molar-refractivity contribution >= 4 is 40.6 Å². The van der Waals surface area contributed by atoms with Gasteiger partial charge in [0.1, 0.15) is 13.2 Å². The van der Waals surface area contributed by atoms with Crippen LogP contribution in [0.4, 0.5) is 10.5 Å². The monoisotopic (exact) mass is 452 g/mol. The third-order valence-corrected chi connectivity index (χ3v) is 5.73. The van der Waals surface area contributed by atoms with Crippen molar-refractivity contribution in [3.63, 3.8) is 0 Å². The summed E-state index contributed by atoms with van der Waals surface area (Å²) in [6.07, 6.45) is 3.16. The lowest BCUT2D eigenvalue weighted by atomic mass is 10.1. The van der Waals surface area contributed by atoms with Crippen molar-refractivity contribution < 1.29 is 23.9 Å². The summed E-state index contributed by atoms with van der Waals surface area (Å²) in [5.41, 5.74) is 3.33. The first-order valence-corrected chi connectivity index (χ1v) is 10.7. The zero-order valence-corrected chi connectivity index (χ0v) is 19.0. The topological polar surface area (TPSA) is 84.9 Å². The van der Waals surface area contributed by atoms with Crippen LogP contribution in [-0.4, -0.2) is 42.2 Å². The molecule has 0 unspecified atom stereocenters. The summed E-state index contributed by atoms with van der Waals surface area (Å²) in [6.45, 7) is 7.44. The van der Waals surface area contributed by atoms with Gasteiger partial charge in [-0.15, -0.1) is 0 Å². The lowest BCUT2D eigenvalue weighted by Crippen LogP contribution is -2.36. The molecule has 0 atom stereocenters. The highest BCUT2D eigenvalue weighted by molar-refractivity contribution is 8.18. The zero-order valence-electron chi connectivity index (χ0n) is 18.1. The normalized spacial score (nSPS) is 14.6. The number of carbonyl (C=O) groups excluding carboxylic acids is 3. The number of rotatable bonds is 8. The van der Waals surface area contributed by atoms with Crippen molar-refractivity contribution in [3.05, 3.63) is 70.6 Å². The van der Waals surface area contributed by atoms with Crippen molar-refractivity contribution in [1.82, 2.24) is 4.90 Å². The maximum absolute atomic E-state index is 12.8. The van der Waals surface area contributed by atoms with E-state index in [-0.39, 0.29) is 18.1 Å². The summed E-state index contributed by atoms with van der Waals surface area (Å²) in [4.78, 5) is 38.8. The average Bonchev–Trinajstić information content (AvgIpc) is 3.02. The molecule has 1 fully saturated rings. The minimum atomic E-state index is -0.535. The number of methoxy groups -OCH3 is 1. The Balaban J connectivity index is 1.77. The number of nitrogens with one attached hydrogen (secondary N) is 1. The van der Waals surface area contributed by atoms with Crippen LogP contribution in [0.25, 0.3) is 6.08 Å². The molecule has 166 valence electrons. The summed E-state index contributed by atoms with van der Waals surface area (Å²) in [5, 5.41) is 2.22. The van der Waals surface area contributed by atoms with Crippen molar-refractivity contribution in [2.75, 3.05) is 25.6 Å². The number of hydrogen-bond donors (Lipinski definition) is 1. The number of amides is 3. The fourth-order valence-electron chi connectivity index (χ4n) is 3.04. The molecule has 7 nitrogen and oxygen atoms in total. The van der Waals surface area contributed by atoms with Gasteiger partial charge in [0, 0.05) is 11.3 Å². The van der Waals surface area contributed by atoms with Crippen molar-refractivity contribution in [2.24, 2.45) is 0 Å². The minimum absolute atomic E-state index is 0.200. The minimum Gasteiger partial charge on any atom is -0.493 e. The molecule has 8 heteroatoms. The van der Waals surface area contributed by atoms with Crippen molar-refractivity contribution in [1.29, 1.82) is 0 Å². The van der Waals surface area contributed by atoms with Gasteiger partial charge in [-0.25, -0.2) is 0 Å². The van der Waals surface area contributed by atoms with Gasteiger partial charge in [0.25, 0.3) is 11.1 Å². The van der Waals surface area contributed by atoms with Gasteiger partial charge in [0.2, 0.25) is 5.91 Å². The van der Waals surface area contributed by atoms with Crippen LogP contribution in [-0.2, 0) is 9.59 Å². The van der Waals surface area contributed by atoms with E-state index in [0.29, 0.717) is 22.7 Å². The Morgan fingerprint density at radius 2 is 1.97 bits per heavy atom. The molecule has 0 saturated carbocycles. The largest absolute Gasteiger partial charge is 0.493 e. The van der Waals surface area contributed by atoms with E-state index < -0.39 is 17.1 Å². The van der Waals surface area contributed by atoms with Crippen LogP contribution in [0.2, 0.25) is 0 Å². The first-order chi connectivity index (χ1) is 15.3. The summed E-state index contributed by atoms with van der Waals surface area (Å²) in [5.74, 6) is -0.0531. The Hall–Kier alpha value is -3.52. The first-order valence-electron chi connectivity index (χ1n) is 9.87. The Labute approximate surface area is 191 Å². The van der Waals surface area contributed by atoms with E-state index in [0.717, 1.165) is 27.8 Å². The SMILES string of the molecule is C=CCOc1c(/C=C2\SC(=O)N(CC(=O)Nc3ccc(C)c(C)c3)C2=O)cccc1OC. The van der Waals surface area contributed by atoms with Gasteiger partial charge in [-0.05, 0) is 61.0 Å². The van der Waals surface area contributed by atoms with E-state index in [1.807, 2.05) is 26.0 Å². The molecule has 0 aromatic heterocycles. The van der Waals surface area contributed by atoms with Gasteiger partial charge in [-0.1, -0.05) is 30.9 Å². The smallest absolute Gasteiger partial charge is 0.294 e. The predicted octanol–water partition coefficient (Wildman–Crippen LogP) is 4.55. The summed E-state index contributed by atoms with van der Waals surface area (Å²) in [7, 11) is 1.52. The first kappa shape index (κ1) is 23.1. The summed E-state index contributed by atoms with van der Waals surface area (Å²) in [6, 6.07) is 10.8. The van der Waals surface area contributed by atoms with Gasteiger partial charge in [0.15, 0.2) is 11.5 Å². The van der Waals surface area contributed by atoms with Gasteiger partial charge < -0.3 is 14.8 Å². The third-order valence-electron chi connectivity index (χ3n) is 4.83. The van der Waals surface area contributed by atoms with E-state index >= 15 is 0 Å². The second kappa shape index (κ2) is 10.2. The third kappa shape index (κ3) is 5.20. The molecule has 1 aliphatic rings. The van der Waals surface area contributed by atoms with E-state index in [1.54, 1.807) is 36.4 Å². The quantitative estimate of drug-likeness (QED) is 0.467. The molecule has 2 aromatic rings. The molecule has 1 N–H and O–H groups in total. The molecule has 0 aliphatic carbocycles. The van der Waals surface area contributed by atoms with Crippen LogP contribution in [0, 0.1) is 13.8 Å². The molecule has 3 rings (SSSR count). The number of thioether (sulfide) groups is 1. The molecule has 0 bridgehead atoms. The summed E-state index contributed by atoms with van der Waals surface area (Å²) < 4.78 is 11.0. The molecule has 0 radical (unpaired) electrons. The Kier molecular flexibility index (Phi) is 7.37. The number of aryl methyl sites for hydroxylation is 2. The Bertz CT molecular complexity index is 1110. The molecule has 1 heterocycles. The highest BCUT2D eigenvalue weighted by Gasteiger charge is 2.36. The highest BCUT2D eigenvalue weighted by atomic mass is 32.2. The predicted molar refractivity (Wildman–Crippen MR) is 126 cm³/mol. The molecule has 1 saturated heterocycles. The zero-order chi connectivity index (χ0) is 23.3. The standard InChI is InChI=1S/C24H24N2O5S/c1-5-11-31-22-17(7-6-8-19(22)30-4)13-20-23(28)26(24(29)32-20)14-21(27)25-18-10-9-15(2)16(3)12-18/h5-10,12-13H,1,11,14H2,2-4H3,(H,25,27)/b20-13-. The number of para-hydroxylation sites is 1. The van der Waals surface area contributed by atoms with Gasteiger partial charge in [-0.2, -0.15) is 0 Å². The Morgan fingerprint density at radius 3 is 2.66 bits per heavy atom. The molecule has 32 heavy (non-hydrogen) atoms. The molecule has 2 aromatic carbocycles. The maximum atomic E-state index is 12.8. The number of carbonyl (C=O) groups is 3. The van der Waals surface area contributed by atoms with E-state index in [4.69, 9.17) is 9.47 Å². The number of imide groups is 1. The second-order valence-corrected chi connectivity index (χ2v) is 8.09. The van der Waals surface area contributed by atoms with Crippen LogP contribution in [0.5, 0.6) is 11.5 Å². The van der Waals surface area contributed by atoms with Crippen LogP contribution < -0.4 is 14.8 Å². The second-order valence-electron chi connectivity index (χ2n) is 7.09. The molecular weight excluding hydrogens is 428 g/mol. The van der Waals surface area contributed by atoms with Crippen molar-refractivity contribution in [3.8, 4) is 11.5 Å². The van der Waals surface area contributed by atoms with Gasteiger partial charge in [-0.3, -0.25) is 19.3 Å². The highest BCUT2D eigenvalue weighted by Crippen LogP contribution is 2.37. The number of nitrogens with zero attached hydrogens (tertiary/aromatic N) is 1. The van der Waals surface area contributed by atoms with Gasteiger partial charge >= 0.3 is 0 Å². The lowest BCUT2D eigenvalue weighted by molar-refractivity contribution is -0.127. The average molecular weight is 453 g/mol. The van der Waals surface area contributed by atoms with Crippen LogP contribution in [0.15, 0.2) is 54.0 Å². The lowest BCUT2D eigenvalue weighted by Gasteiger charge is -2.13. The summed E-state index contributed by atoms with van der Waals surface area (Å²) >= 11 is 0.777. The fourth-order valence-corrected chi connectivity index (χ4v) is 3.87.